The summed E-state index contributed by atoms with van der Waals surface area (Å²) in [6.07, 6.45) is 1.95. The first-order valence-corrected chi connectivity index (χ1v) is 5.52. The largest absolute Gasteiger partial charge is 0.380 e. The van der Waals surface area contributed by atoms with Crippen molar-refractivity contribution in [1.82, 2.24) is 10.3 Å². The third-order valence-corrected chi connectivity index (χ3v) is 3.15. The molecule has 1 aromatic rings. The van der Waals surface area contributed by atoms with Crippen molar-refractivity contribution in [1.29, 1.82) is 0 Å². The average molecular weight is 204 g/mol. The van der Waals surface area contributed by atoms with Crippen LogP contribution in [0.5, 0.6) is 0 Å². The molecule has 15 heavy (non-hydrogen) atoms. The van der Waals surface area contributed by atoms with Crippen LogP contribution in [0.25, 0.3) is 0 Å². The summed E-state index contributed by atoms with van der Waals surface area (Å²) in [5.74, 6) is 1.12. The zero-order valence-corrected chi connectivity index (χ0v) is 8.95. The molecule has 80 valence electrons. The molecule has 1 aromatic heterocycles. The van der Waals surface area contributed by atoms with E-state index in [-0.39, 0.29) is 0 Å². The van der Waals surface area contributed by atoms with E-state index in [1.165, 1.54) is 11.3 Å². The summed E-state index contributed by atoms with van der Waals surface area (Å²) in [7, 11) is 0. The Morgan fingerprint density at radius 3 is 3.33 bits per heavy atom. The lowest BCUT2D eigenvalue weighted by molar-refractivity contribution is 0.478. The Morgan fingerprint density at radius 2 is 2.40 bits per heavy atom. The summed E-state index contributed by atoms with van der Waals surface area (Å²) in [4.78, 5) is 6.96. The quantitative estimate of drug-likeness (QED) is 0.649. The third-order valence-electron chi connectivity index (χ3n) is 3.15. The summed E-state index contributed by atoms with van der Waals surface area (Å²) >= 11 is 0. The van der Waals surface area contributed by atoms with Gasteiger partial charge in [-0.05, 0) is 18.6 Å². The van der Waals surface area contributed by atoms with Crippen molar-refractivity contribution in [2.24, 2.45) is 0 Å². The molecule has 4 heteroatoms. The SMILES string of the molecule is Cc1cnc2c(c1)NCC1CNCCN21. The first-order chi connectivity index (χ1) is 7.34. The number of fused-ring (bicyclic) bond motifs is 3. The van der Waals surface area contributed by atoms with Crippen LogP contribution in [0.15, 0.2) is 12.3 Å². The van der Waals surface area contributed by atoms with Gasteiger partial charge in [-0.3, -0.25) is 0 Å². The zero-order valence-electron chi connectivity index (χ0n) is 8.95. The normalized spacial score (nSPS) is 24.1. The Kier molecular flexibility index (Phi) is 2.02. The summed E-state index contributed by atoms with van der Waals surface area (Å²) in [5, 5.41) is 6.88. The molecule has 1 saturated heterocycles. The number of nitrogens with one attached hydrogen (secondary N) is 2. The molecule has 2 aliphatic heterocycles. The van der Waals surface area contributed by atoms with Gasteiger partial charge >= 0.3 is 0 Å². The minimum absolute atomic E-state index is 0.557. The Balaban J connectivity index is 1.99. The van der Waals surface area contributed by atoms with Crippen molar-refractivity contribution in [3.63, 3.8) is 0 Å². The topological polar surface area (TPSA) is 40.2 Å². The monoisotopic (exact) mass is 204 g/mol. The highest BCUT2D eigenvalue weighted by Crippen LogP contribution is 2.30. The molecule has 0 radical (unpaired) electrons. The van der Waals surface area contributed by atoms with E-state index in [0.717, 1.165) is 32.0 Å². The van der Waals surface area contributed by atoms with Crippen LogP contribution >= 0.6 is 0 Å². The van der Waals surface area contributed by atoms with Gasteiger partial charge in [-0.2, -0.15) is 0 Å². The van der Waals surface area contributed by atoms with Gasteiger partial charge in [0.05, 0.1) is 11.7 Å². The number of pyridine rings is 1. The molecule has 0 aliphatic carbocycles. The maximum Gasteiger partial charge on any atom is 0.152 e. The van der Waals surface area contributed by atoms with E-state index in [9.17, 15) is 0 Å². The lowest BCUT2D eigenvalue weighted by atomic mass is 10.1. The van der Waals surface area contributed by atoms with Crippen LogP contribution in [0.3, 0.4) is 0 Å². The van der Waals surface area contributed by atoms with E-state index in [1.54, 1.807) is 0 Å². The number of aromatic nitrogens is 1. The fraction of sp³-hybridized carbons (Fsp3) is 0.545. The molecular formula is C11H16N4. The van der Waals surface area contributed by atoms with Crippen LogP contribution in [-0.4, -0.2) is 37.2 Å². The van der Waals surface area contributed by atoms with Crippen LogP contribution in [0.4, 0.5) is 11.5 Å². The second-order valence-electron chi connectivity index (χ2n) is 4.32. The van der Waals surface area contributed by atoms with Gasteiger partial charge in [0.25, 0.3) is 0 Å². The van der Waals surface area contributed by atoms with E-state index in [2.05, 4.69) is 33.5 Å². The maximum atomic E-state index is 4.54. The lowest BCUT2D eigenvalue weighted by Gasteiger charge is -2.41. The number of hydrogen-bond acceptors (Lipinski definition) is 4. The van der Waals surface area contributed by atoms with Gasteiger partial charge in [-0.15, -0.1) is 0 Å². The fourth-order valence-corrected chi connectivity index (χ4v) is 2.37. The Morgan fingerprint density at radius 1 is 1.47 bits per heavy atom. The number of piperazine rings is 1. The van der Waals surface area contributed by atoms with Crippen LogP contribution in [0.1, 0.15) is 5.56 Å². The van der Waals surface area contributed by atoms with Gasteiger partial charge in [0.1, 0.15) is 0 Å². The van der Waals surface area contributed by atoms with E-state index < -0.39 is 0 Å². The molecule has 0 saturated carbocycles. The smallest absolute Gasteiger partial charge is 0.152 e. The van der Waals surface area contributed by atoms with Gasteiger partial charge in [0, 0.05) is 32.4 Å². The summed E-state index contributed by atoms with van der Waals surface area (Å²) < 4.78 is 0. The molecule has 0 amide bonds. The van der Waals surface area contributed by atoms with Crippen molar-refractivity contribution in [2.75, 3.05) is 36.4 Å². The summed E-state index contributed by atoms with van der Waals surface area (Å²) in [5.41, 5.74) is 2.41. The molecule has 0 bridgehead atoms. The fourth-order valence-electron chi connectivity index (χ4n) is 2.37. The van der Waals surface area contributed by atoms with Crippen molar-refractivity contribution < 1.29 is 0 Å². The molecule has 3 rings (SSSR count). The van der Waals surface area contributed by atoms with Gasteiger partial charge in [-0.1, -0.05) is 0 Å². The van der Waals surface area contributed by atoms with E-state index in [4.69, 9.17) is 0 Å². The molecule has 1 fully saturated rings. The van der Waals surface area contributed by atoms with Crippen molar-refractivity contribution in [3.05, 3.63) is 17.8 Å². The molecular weight excluding hydrogens is 188 g/mol. The molecule has 0 spiro atoms. The molecule has 0 aromatic carbocycles. The van der Waals surface area contributed by atoms with Crippen molar-refractivity contribution >= 4 is 11.5 Å². The predicted molar refractivity (Wildman–Crippen MR) is 61.5 cm³/mol. The Bertz CT molecular complexity index is 377. The first kappa shape index (κ1) is 8.97. The molecule has 2 aliphatic rings. The van der Waals surface area contributed by atoms with Crippen LogP contribution in [-0.2, 0) is 0 Å². The predicted octanol–water partition coefficient (Wildman–Crippen LogP) is 0.594. The number of nitrogens with zero attached hydrogens (tertiary/aromatic N) is 2. The van der Waals surface area contributed by atoms with Crippen molar-refractivity contribution in [3.8, 4) is 0 Å². The first-order valence-electron chi connectivity index (χ1n) is 5.52. The van der Waals surface area contributed by atoms with Crippen LogP contribution < -0.4 is 15.5 Å². The van der Waals surface area contributed by atoms with E-state index in [1.807, 2.05) is 6.20 Å². The average Bonchev–Trinajstić information content (AvgIpc) is 2.28. The van der Waals surface area contributed by atoms with E-state index >= 15 is 0 Å². The summed E-state index contributed by atoms with van der Waals surface area (Å²) in [6.45, 7) is 6.28. The number of aryl methyl sites for hydroxylation is 1. The van der Waals surface area contributed by atoms with Gasteiger partial charge < -0.3 is 15.5 Å². The number of hydrogen-bond donors (Lipinski definition) is 2. The highest BCUT2D eigenvalue weighted by molar-refractivity contribution is 5.69. The highest BCUT2D eigenvalue weighted by atomic mass is 15.3. The third kappa shape index (κ3) is 1.45. The number of anilines is 2. The molecule has 1 atom stereocenters. The van der Waals surface area contributed by atoms with Gasteiger partial charge in [-0.25, -0.2) is 4.98 Å². The van der Waals surface area contributed by atoms with E-state index in [0.29, 0.717) is 6.04 Å². The molecule has 3 heterocycles. The summed E-state index contributed by atoms with van der Waals surface area (Å²) in [6, 6.07) is 2.74. The second kappa shape index (κ2) is 3.38. The van der Waals surface area contributed by atoms with Crippen molar-refractivity contribution in [2.45, 2.75) is 13.0 Å². The lowest BCUT2D eigenvalue weighted by Crippen LogP contribution is -2.56. The zero-order chi connectivity index (χ0) is 10.3. The standard InChI is InChI=1S/C11H16N4/c1-8-4-10-11(14-5-8)15-3-2-12-6-9(15)7-13-10/h4-5,9,12-13H,2-3,6-7H2,1H3. The minimum Gasteiger partial charge on any atom is -0.380 e. The Hall–Kier alpha value is -1.29. The van der Waals surface area contributed by atoms with Crippen LogP contribution in [0, 0.1) is 6.92 Å². The second-order valence-corrected chi connectivity index (χ2v) is 4.32. The molecule has 4 nitrogen and oxygen atoms in total. The minimum atomic E-state index is 0.557. The number of rotatable bonds is 0. The Labute approximate surface area is 89.7 Å². The van der Waals surface area contributed by atoms with Gasteiger partial charge in [0.15, 0.2) is 5.82 Å². The molecule has 1 unspecified atom stereocenters. The van der Waals surface area contributed by atoms with Crippen LogP contribution in [0.2, 0.25) is 0 Å². The maximum absolute atomic E-state index is 4.54. The van der Waals surface area contributed by atoms with Gasteiger partial charge in [0.2, 0.25) is 0 Å². The molecule has 2 N–H and O–H groups in total. The highest BCUT2D eigenvalue weighted by Gasteiger charge is 2.28.